The SMILES string of the molecule is CN(C)S(=O)(=O)N1CCC[C@H](c2cccc(-c3cccc(Cl)c3)n2)C1. The van der Waals surface area contributed by atoms with Crippen molar-refractivity contribution in [2.24, 2.45) is 0 Å². The number of nitrogens with zero attached hydrogens (tertiary/aromatic N) is 3. The van der Waals surface area contributed by atoms with Gasteiger partial charge in [-0.2, -0.15) is 17.0 Å². The van der Waals surface area contributed by atoms with Gasteiger partial charge >= 0.3 is 0 Å². The van der Waals surface area contributed by atoms with Crippen LogP contribution in [0, 0.1) is 0 Å². The van der Waals surface area contributed by atoms with Gasteiger partial charge in [0, 0.05) is 49.4 Å². The number of pyridine rings is 1. The molecule has 0 N–H and O–H groups in total. The van der Waals surface area contributed by atoms with Gasteiger partial charge in [0.2, 0.25) is 0 Å². The number of rotatable bonds is 4. The fraction of sp³-hybridized carbons (Fsp3) is 0.389. The smallest absolute Gasteiger partial charge is 0.252 e. The van der Waals surface area contributed by atoms with E-state index in [4.69, 9.17) is 16.6 Å². The second-order valence-corrected chi connectivity index (χ2v) is 9.02. The molecule has 2 heterocycles. The number of hydrogen-bond acceptors (Lipinski definition) is 3. The van der Waals surface area contributed by atoms with E-state index in [0.29, 0.717) is 18.1 Å². The third-order valence-electron chi connectivity index (χ3n) is 4.48. The summed E-state index contributed by atoms with van der Waals surface area (Å²) in [6, 6.07) is 13.5. The minimum atomic E-state index is -3.39. The Balaban J connectivity index is 1.86. The Bertz CT molecular complexity index is 855. The first kappa shape index (κ1) is 18.3. The molecule has 1 aromatic carbocycles. The van der Waals surface area contributed by atoms with Crippen molar-refractivity contribution >= 4 is 21.8 Å². The summed E-state index contributed by atoms with van der Waals surface area (Å²) < 4.78 is 27.6. The topological polar surface area (TPSA) is 53.5 Å². The van der Waals surface area contributed by atoms with Gasteiger partial charge in [-0.1, -0.05) is 29.8 Å². The molecule has 25 heavy (non-hydrogen) atoms. The second kappa shape index (κ2) is 7.41. The molecule has 1 aliphatic rings. The third kappa shape index (κ3) is 4.03. The lowest BCUT2D eigenvalue weighted by Crippen LogP contribution is -2.45. The third-order valence-corrected chi connectivity index (χ3v) is 6.62. The zero-order valence-corrected chi connectivity index (χ0v) is 16.0. The van der Waals surface area contributed by atoms with Crippen LogP contribution in [0.5, 0.6) is 0 Å². The summed E-state index contributed by atoms with van der Waals surface area (Å²) in [4.78, 5) is 4.78. The zero-order valence-electron chi connectivity index (χ0n) is 14.4. The van der Waals surface area contributed by atoms with Gasteiger partial charge in [-0.05, 0) is 37.1 Å². The Morgan fingerprint density at radius 3 is 2.68 bits per heavy atom. The summed E-state index contributed by atoms with van der Waals surface area (Å²) in [5.41, 5.74) is 2.74. The van der Waals surface area contributed by atoms with Crippen molar-refractivity contribution in [2.75, 3.05) is 27.2 Å². The predicted octanol–water partition coefficient (Wildman–Crippen LogP) is 3.39. The van der Waals surface area contributed by atoms with Crippen molar-refractivity contribution in [3.8, 4) is 11.3 Å². The van der Waals surface area contributed by atoms with Gasteiger partial charge in [-0.3, -0.25) is 4.98 Å². The van der Waals surface area contributed by atoms with Crippen LogP contribution in [0.15, 0.2) is 42.5 Å². The monoisotopic (exact) mass is 379 g/mol. The second-order valence-electron chi connectivity index (χ2n) is 6.45. The van der Waals surface area contributed by atoms with E-state index in [-0.39, 0.29) is 5.92 Å². The first-order valence-electron chi connectivity index (χ1n) is 8.28. The average Bonchev–Trinajstić information content (AvgIpc) is 2.62. The summed E-state index contributed by atoms with van der Waals surface area (Å²) in [5, 5.41) is 0.672. The van der Waals surface area contributed by atoms with Crippen molar-refractivity contribution in [2.45, 2.75) is 18.8 Å². The molecular weight excluding hydrogens is 358 g/mol. The Morgan fingerprint density at radius 2 is 1.96 bits per heavy atom. The number of benzene rings is 1. The molecule has 1 atom stereocenters. The average molecular weight is 380 g/mol. The molecular formula is C18H22ClN3O2S. The van der Waals surface area contributed by atoms with Crippen LogP contribution in [0.1, 0.15) is 24.5 Å². The highest BCUT2D eigenvalue weighted by Gasteiger charge is 2.31. The lowest BCUT2D eigenvalue weighted by molar-refractivity contribution is 0.296. The van der Waals surface area contributed by atoms with Crippen LogP contribution < -0.4 is 0 Å². The van der Waals surface area contributed by atoms with Gasteiger partial charge in [0.1, 0.15) is 0 Å². The largest absolute Gasteiger partial charge is 0.281 e. The molecule has 0 spiro atoms. The standard InChI is InChI=1S/C18H22ClN3O2S/c1-21(2)25(23,24)22-11-5-7-15(13-22)18-10-4-9-17(20-18)14-6-3-8-16(19)12-14/h3-4,6,8-10,12,15H,5,7,11,13H2,1-2H3/t15-/m0/s1. The van der Waals surface area contributed by atoms with Crippen molar-refractivity contribution in [1.29, 1.82) is 0 Å². The predicted molar refractivity (Wildman–Crippen MR) is 101 cm³/mol. The van der Waals surface area contributed by atoms with E-state index in [9.17, 15) is 8.42 Å². The van der Waals surface area contributed by atoms with Crippen molar-refractivity contribution in [3.05, 3.63) is 53.2 Å². The van der Waals surface area contributed by atoms with E-state index in [0.717, 1.165) is 29.8 Å². The van der Waals surface area contributed by atoms with Gasteiger partial charge in [0.25, 0.3) is 10.2 Å². The molecule has 1 aliphatic heterocycles. The summed E-state index contributed by atoms with van der Waals surface area (Å²) in [5.74, 6) is 0.0996. The Kier molecular flexibility index (Phi) is 5.43. The molecule has 134 valence electrons. The molecule has 1 fully saturated rings. The van der Waals surface area contributed by atoms with Crippen molar-refractivity contribution in [3.63, 3.8) is 0 Å². The number of hydrogen-bond donors (Lipinski definition) is 0. The van der Waals surface area contributed by atoms with E-state index in [1.807, 2.05) is 42.5 Å². The van der Waals surface area contributed by atoms with Gasteiger partial charge in [-0.15, -0.1) is 0 Å². The van der Waals surface area contributed by atoms with E-state index in [1.165, 1.54) is 4.31 Å². The van der Waals surface area contributed by atoms with Gasteiger partial charge in [0.15, 0.2) is 0 Å². The van der Waals surface area contributed by atoms with Gasteiger partial charge < -0.3 is 0 Å². The fourth-order valence-electron chi connectivity index (χ4n) is 3.11. The summed E-state index contributed by atoms with van der Waals surface area (Å²) in [6.07, 6.45) is 1.77. The molecule has 0 radical (unpaired) electrons. The molecule has 0 amide bonds. The highest BCUT2D eigenvalue weighted by molar-refractivity contribution is 7.86. The van der Waals surface area contributed by atoms with Crippen molar-refractivity contribution in [1.82, 2.24) is 13.6 Å². The minimum Gasteiger partial charge on any atom is -0.252 e. The zero-order chi connectivity index (χ0) is 18.0. The molecule has 5 nitrogen and oxygen atoms in total. The normalized spacial score (nSPS) is 19.3. The molecule has 7 heteroatoms. The summed E-state index contributed by atoms with van der Waals surface area (Å²) >= 11 is 6.08. The molecule has 1 saturated heterocycles. The van der Waals surface area contributed by atoms with E-state index < -0.39 is 10.2 Å². The van der Waals surface area contributed by atoms with Crippen LogP contribution >= 0.6 is 11.6 Å². The molecule has 1 aromatic heterocycles. The molecule has 0 aliphatic carbocycles. The van der Waals surface area contributed by atoms with Gasteiger partial charge in [-0.25, -0.2) is 0 Å². The number of piperidine rings is 1. The Morgan fingerprint density at radius 1 is 1.20 bits per heavy atom. The quantitative estimate of drug-likeness (QED) is 0.818. The number of halogens is 1. The molecule has 0 unspecified atom stereocenters. The molecule has 2 aromatic rings. The van der Waals surface area contributed by atoms with Crippen LogP contribution in [0.3, 0.4) is 0 Å². The van der Waals surface area contributed by atoms with E-state index in [2.05, 4.69) is 0 Å². The minimum absolute atomic E-state index is 0.0996. The van der Waals surface area contributed by atoms with Crippen LogP contribution in [-0.2, 0) is 10.2 Å². The van der Waals surface area contributed by atoms with Crippen LogP contribution in [0.25, 0.3) is 11.3 Å². The van der Waals surface area contributed by atoms with Crippen LogP contribution in [-0.4, -0.2) is 49.2 Å². The lowest BCUT2D eigenvalue weighted by atomic mass is 9.95. The maximum absolute atomic E-state index is 12.4. The van der Waals surface area contributed by atoms with Gasteiger partial charge in [0.05, 0.1) is 5.69 Å². The highest BCUT2D eigenvalue weighted by atomic mass is 35.5. The first-order chi connectivity index (χ1) is 11.9. The first-order valence-corrected chi connectivity index (χ1v) is 10.1. The molecule has 3 rings (SSSR count). The Hall–Kier alpha value is -1.47. The van der Waals surface area contributed by atoms with Crippen LogP contribution in [0.4, 0.5) is 0 Å². The fourth-order valence-corrected chi connectivity index (χ4v) is 4.49. The maximum atomic E-state index is 12.4. The van der Waals surface area contributed by atoms with E-state index >= 15 is 0 Å². The van der Waals surface area contributed by atoms with Crippen molar-refractivity contribution < 1.29 is 8.42 Å². The maximum Gasteiger partial charge on any atom is 0.281 e. The number of aromatic nitrogens is 1. The summed E-state index contributed by atoms with van der Waals surface area (Å²) in [7, 11) is -0.254. The summed E-state index contributed by atoms with van der Waals surface area (Å²) in [6.45, 7) is 1.03. The molecule has 0 bridgehead atoms. The molecule has 0 saturated carbocycles. The highest BCUT2D eigenvalue weighted by Crippen LogP contribution is 2.29. The van der Waals surface area contributed by atoms with E-state index in [1.54, 1.807) is 18.4 Å². The Labute approximate surface area is 154 Å². The lowest BCUT2D eigenvalue weighted by Gasteiger charge is -2.33. The van der Waals surface area contributed by atoms with Crippen LogP contribution in [0.2, 0.25) is 5.02 Å².